The summed E-state index contributed by atoms with van der Waals surface area (Å²) in [4.78, 5) is 32.4. The Labute approximate surface area is 168 Å². The number of hydrazine groups is 1. The number of ether oxygens (including phenoxy) is 1. The molecule has 3 atom stereocenters. The van der Waals surface area contributed by atoms with Gasteiger partial charge in [0.2, 0.25) is 11.9 Å². The van der Waals surface area contributed by atoms with Crippen molar-refractivity contribution in [2.45, 2.75) is 32.9 Å². The van der Waals surface area contributed by atoms with Crippen LogP contribution in [0.5, 0.6) is 0 Å². The predicted molar refractivity (Wildman–Crippen MR) is 110 cm³/mol. The Morgan fingerprint density at radius 2 is 1.79 bits per heavy atom. The zero-order valence-corrected chi connectivity index (χ0v) is 16.5. The number of aromatic nitrogens is 2. The summed E-state index contributed by atoms with van der Waals surface area (Å²) < 4.78 is 4.86. The third kappa shape index (κ3) is 5.39. The average Bonchev–Trinajstić information content (AvgIpc) is 3.03. The molecule has 154 valence electrons. The van der Waals surface area contributed by atoms with E-state index in [9.17, 15) is 9.59 Å². The molecule has 29 heavy (non-hydrogen) atoms. The van der Waals surface area contributed by atoms with Crippen molar-refractivity contribution in [1.82, 2.24) is 20.8 Å². The van der Waals surface area contributed by atoms with Crippen LogP contribution in [-0.4, -0.2) is 40.7 Å². The molecule has 0 aliphatic carbocycles. The predicted octanol–water partition coefficient (Wildman–Crippen LogP) is 2.23. The van der Waals surface area contributed by atoms with Crippen LogP contribution < -0.4 is 26.8 Å². The lowest BCUT2D eigenvalue weighted by molar-refractivity contribution is -0.118. The molecule has 10 heteroatoms. The van der Waals surface area contributed by atoms with Crippen LogP contribution in [-0.2, 0) is 9.53 Å². The molecular formula is C19H25N7O3. The Morgan fingerprint density at radius 1 is 1.07 bits per heavy atom. The van der Waals surface area contributed by atoms with Gasteiger partial charge >= 0.3 is 6.09 Å². The Kier molecular flexibility index (Phi) is 6.57. The van der Waals surface area contributed by atoms with E-state index in [0.29, 0.717) is 29.6 Å². The first-order valence-electron chi connectivity index (χ1n) is 9.41. The lowest BCUT2D eigenvalue weighted by Gasteiger charge is -2.15. The molecule has 1 aromatic carbocycles. The van der Waals surface area contributed by atoms with Crippen molar-refractivity contribution < 1.29 is 14.3 Å². The summed E-state index contributed by atoms with van der Waals surface area (Å²) >= 11 is 0. The first-order valence-corrected chi connectivity index (χ1v) is 9.41. The molecule has 0 radical (unpaired) electrons. The summed E-state index contributed by atoms with van der Waals surface area (Å²) in [6.07, 6.45) is 2.55. The van der Waals surface area contributed by atoms with Gasteiger partial charge in [-0.05, 0) is 38.0 Å². The van der Waals surface area contributed by atoms with E-state index in [4.69, 9.17) is 4.74 Å². The van der Waals surface area contributed by atoms with Crippen LogP contribution in [0.3, 0.4) is 0 Å². The molecule has 0 bridgehead atoms. The summed E-state index contributed by atoms with van der Waals surface area (Å²) in [5, 5.41) is 8.49. The number of carbonyl (C=O) groups excluding carboxylic acids is 2. The normalized spacial score (nSPS) is 20.7. The highest BCUT2D eigenvalue weighted by Gasteiger charge is 2.34. The largest absolute Gasteiger partial charge is 0.450 e. The molecule has 2 amide bonds. The topological polar surface area (TPSA) is 129 Å². The summed E-state index contributed by atoms with van der Waals surface area (Å²) in [6, 6.07) is 6.96. The van der Waals surface area contributed by atoms with E-state index in [1.165, 1.54) is 12.4 Å². The summed E-state index contributed by atoms with van der Waals surface area (Å²) in [5.41, 5.74) is 7.83. The fraction of sp³-hybridized carbons (Fsp3) is 0.368. The maximum Gasteiger partial charge on any atom is 0.411 e. The minimum absolute atomic E-state index is 0.142. The number of nitrogens with zero attached hydrogens (tertiary/aromatic N) is 2. The second-order valence-electron chi connectivity index (χ2n) is 6.75. The zero-order valence-electron chi connectivity index (χ0n) is 16.5. The molecule has 10 nitrogen and oxygen atoms in total. The Morgan fingerprint density at radius 3 is 2.45 bits per heavy atom. The van der Waals surface area contributed by atoms with Crippen LogP contribution >= 0.6 is 0 Å². The zero-order chi connectivity index (χ0) is 20.8. The SMILES string of the molecule is CCOC(=O)Nc1cccc(Nc2ncc(NC(=O)C3NNC(C)C3C)cn2)c1. The van der Waals surface area contributed by atoms with Crippen molar-refractivity contribution in [1.29, 1.82) is 0 Å². The number of hydrogen-bond donors (Lipinski definition) is 5. The van der Waals surface area contributed by atoms with Crippen LogP contribution in [0.1, 0.15) is 20.8 Å². The highest BCUT2D eigenvalue weighted by Crippen LogP contribution is 2.19. The van der Waals surface area contributed by atoms with Gasteiger partial charge in [0.25, 0.3) is 0 Å². The van der Waals surface area contributed by atoms with Crippen LogP contribution in [0.4, 0.5) is 27.8 Å². The van der Waals surface area contributed by atoms with E-state index < -0.39 is 6.09 Å². The smallest absolute Gasteiger partial charge is 0.411 e. The van der Waals surface area contributed by atoms with Gasteiger partial charge in [-0.1, -0.05) is 13.0 Å². The monoisotopic (exact) mass is 399 g/mol. The maximum atomic E-state index is 12.4. The van der Waals surface area contributed by atoms with Crippen LogP contribution in [0.25, 0.3) is 0 Å². The van der Waals surface area contributed by atoms with Crippen molar-refractivity contribution in [2.24, 2.45) is 5.92 Å². The Balaban J connectivity index is 1.58. The van der Waals surface area contributed by atoms with E-state index >= 15 is 0 Å². The van der Waals surface area contributed by atoms with Gasteiger partial charge in [0, 0.05) is 17.4 Å². The van der Waals surface area contributed by atoms with Gasteiger partial charge in [-0.2, -0.15) is 0 Å². The number of benzene rings is 1. The minimum atomic E-state index is -0.517. The molecule has 3 unspecified atom stereocenters. The number of amides is 2. The van der Waals surface area contributed by atoms with Gasteiger partial charge in [-0.15, -0.1) is 0 Å². The standard InChI is InChI=1S/C19H25N7O3/c1-4-29-19(28)24-14-7-5-6-13(8-14)23-18-20-9-15(10-21-18)22-17(27)16-11(2)12(3)25-26-16/h5-12,16,25-26H,4H2,1-3H3,(H,22,27)(H,24,28)(H,20,21,23). The molecule has 5 N–H and O–H groups in total. The minimum Gasteiger partial charge on any atom is -0.450 e. The van der Waals surface area contributed by atoms with Gasteiger partial charge in [-0.3, -0.25) is 15.5 Å². The molecule has 1 aliphatic rings. The molecule has 0 spiro atoms. The van der Waals surface area contributed by atoms with Crippen molar-refractivity contribution >= 4 is 35.0 Å². The quantitative estimate of drug-likeness (QED) is 0.500. The third-order valence-electron chi connectivity index (χ3n) is 4.62. The van der Waals surface area contributed by atoms with Gasteiger partial charge in [0.15, 0.2) is 0 Å². The van der Waals surface area contributed by atoms with E-state index in [1.807, 2.05) is 19.9 Å². The molecule has 1 aromatic heterocycles. The Hall–Kier alpha value is -3.24. The number of rotatable bonds is 6. The van der Waals surface area contributed by atoms with Gasteiger partial charge in [0.1, 0.15) is 6.04 Å². The fourth-order valence-electron chi connectivity index (χ4n) is 2.84. The second-order valence-corrected chi connectivity index (χ2v) is 6.75. The molecule has 2 aromatic rings. The van der Waals surface area contributed by atoms with Crippen LogP contribution in [0, 0.1) is 5.92 Å². The van der Waals surface area contributed by atoms with E-state index in [0.717, 1.165) is 0 Å². The summed E-state index contributed by atoms with van der Waals surface area (Å²) in [5.74, 6) is 0.377. The lowest BCUT2D eigenvalue weighted by atomic mass is 9.97. The summed E-state index contributed by atoms with van der Waals surface area (Å²) in [6.45, 7) is 6.07. The van der Waals surface area contributed by atoms with Crippen LogP contribution in [0.15, 0.2) is 36.7 Å². The first-order chi connectivity index (χ1) is 14.0. The second kappa shape index (κ2) is 9.30. The molecule has 1 saturated heterocycles. The number of nitrogens with one attached hydrogen (secondary N) is 5. The summed E-state index contributed by atoms with van der Waals surface area (Å²) in [7, 11) is 0. The first kappa shape index (κ1) is 20.5. The van der Waals surface area contributed by atoms with Gasteiger partial charge < -0.3 is 15.4 Å². The number of carbonyl (C=O) groups is 2. The molecule has 1 aliphatic heterocycles. The van der Waals surface area contributed by atoms with Gasteiger partial charge in [0.05, 0.1) is 24.7 Å². The fourth-order valence-corrected chi connectivity index (χ4v) is 2.84. The van der Waals surface area contributed by atoms with Crippen molar-refractivity contribution in [2.75, 3.05) is 22.6 Å². The average molecular weight is 399 g/mol. The molecule has 2 heterocycles. The van der Waals surface area contributed by atoms with Crippen molar-refractivity contribution in [3.63, 3.8) is 0 Å². The highest BCUT2D eigenvalue weighted by atomic mass is 16.5. The van der Waals surface area contributed by atoms with Crippen molar-refractivity contribution in [3.05, 3.63) is 36.7 Å². The highest BCUT2D eigenvalue weighted by molar-refractivity contribution is 5.95. The van der Waals surface area contributed by atoms with Crippen molar-refractivity contribution in [3.8, 4) is 0 Å². The lowest BCUT2D eigenvalue weighted by Crippen LogP contribution is -2.41. The van der Waals surface area contributed by atoms with E-state index in [2.05, 4.69) is 36.8 Å². The van der Waals surface area contributed by atoms with Gasteiger partial charge in [-0.25, -0.2) is 20.2 Å². The van der Waals surface area contributed by atoms with E-state index in [-0.39, 0.29) is 23.9 Å². The van der Waals surface area contributed by atoms with E-state index in [1.54, 1.807) is 25.1 Å². The molecule has 3 rings (SSSR count). The Bertz CT molecular complexity index is 859. The number of hydrogen-bond acceptors (Lipinski definition) is 8. The third-order valence-corrected chi connectivity index (χ3v) is 4.62. The molecule has 1 fully saturated rings. The molecular weight excluding hydrogens is 374 g/mol. The molecule has 0 saturated carbocycles. The number of anilines is 4. The van der Waals surface area contributed by atoms with Crippen LogP contribution in [0.2, 0.25) is 0 Å². The maximum absolute atomic E-state index is 12.4.